The predicted molar refractivity (Wildman–Crippen MR) is 75.1 cm³/mol. The maximum absolute atomic E-state index is 11.8. The molecule has 0 spiro atoms. The molecular weight excluding hydrogens is 252 g/mol. The Morgan fingerprint density at radius 1 is 1.25 bits per heavy atom. The van der Waals surface area contributed by atoms with E-state index in [-0.39, 0.29) is 0 Å². The molecule has 1 aromatic heterocycles. The van der Waals surface area contributed by atoms with Crippen molar-refractivity contribution < 1.29 is 9.53 Å². The third-order valence-corrected chi connectivity index (χ3v) is 2.50. The highest BCUT2D eigenvalue weighted by atomic mass is 16.5. The average molecular weight is 266 g/mol. The number of aromatic nitrogens is 2. The van der Waals surface area contributed by atoms with Gasteiger partial charge in [0.05, 0.1) is 6.61 Å². The summed E-state index contributed by atoms with van der Waals surface area (Å²) in [6, 6.07) is 9.52. The molecule has 0 unspecified atom stereocenters. The van der Waals surface area contributed by atoms with Gasteiger partial charge in [0.15, 0.2) is 0 Å². The van der Waals surface area contributed by atoms with E-state index < -0.39 is 5.97 Å². The van der Waals surface area contributed by atoms with E-state index in [2.05, 4.69) is 21.8 Å². The van der Waals surface area contributed by atoms with Crippen LogP contribution in [0.3, 0.4) is 0 Å². The first-order valence-electron chi connectivity index (χ1n) is 6.28. The molecule has 0 fully saturated rings. The van der Waals surface area contributed by atoms with Crippen LogP contribution in [0.15, 0.2) is 36.5 Å². The molecule has 20 heavy (non-hydrogen) atoms. The van der Waals surface area contributed by atoms with E-state index in [1.807, 2.05) is 30.3 Å². The number of benzene rings is 1. The Hall–Kier alpha value is -2.67. The van der Waals surface area contributed by atoms with Crippen LogP contribution in [-0.4, -0.2) is 22.5 Å². The lowest BCUT2D eigenvalue weighted by atomic mass is 10.2. The summed E-state index contributed by atoms with van der Waals surface area (Å²) in [5.41, 5.74) is 1.54. The van der Waals surface area contributed by atoms with Crippen molar-refractivity contribution in [2.75, 3.05) is 6.61 Å². The zero-order valence-electron chi connectivity index (χ0n) is 11.4. The van der Waals surface area contributed by atoms with Gasteiger partial charge in [0.25, 0.3) is 0 Å². The summed E-state index contributed by atoms with van der Waals surface area (Å²) < 4.78 is 4.97. The van der Waals surface area contributed by atoms with Crippen LogP contribution >= 0.6 is 0 Å². The van der Waals surface area contributed by atoms with Crippen LogP contribution in [0, 0.1) is 18.8 Å². The quantitative estimate of drug-likeness (QED) is 0.618. The lowest BCUT2D eigenvalue weighted by Gasteiger charge is -2.03. The maximum atomic E-state index is 11.8. The molecule has 100 valence electrons. The first-order valence-corrected chi connectivity index (χ1v) is 6.28. The number of ether oxygens (including phenoxy) is 1. The third kappa shape index (κ3) is 3.42. The number of hydrogen-bond donors (Lipinski definition) is 0. The fourth-order valence-corrected chi connectivity index (χ4v) is 1.58. The van der Waals surface area contributed by atoms with E-state index in [1.54, 1.807) is 13.8 Å². The first-order chi connectivity index (χ1) is 9.70. The van der Waals surface area contributed by atoms with Crippen molar-refractivity contribution in [1.29, 1.82) is 0 Å². The summed E-state index contributed by atoms with van der Waals surface area (Å²) in [6.07, 6.45) is 1.45. The van der Waals surface area contributed by atoms with Crippen molar-refractivity contribution in [2.24, 2.45) is 0 Å². The van der Waals surface area contributed by atoms with Gasteiger partial charge in [-0.2, -0.15) is 0 Å². The van der Waals surface area contributed by atoms with E-state index in [4.69, 9.17) is 4.74 Å². The SMILES string of the molecule is CCOC(=O)c1cnc(C)nc1C#Cc1ccccc1. The molecule has 0 amide bonds. The molecule has 1 heterocycles. The van der Waals surface area contributed by atoms with Gasteiger partial charge >= 0.3 is 5.97 Å². The van der Waals surface area contributed by atoms with Crippen LogP contribution in [0.4, 0.5) is 0 Å². The average Bonchev–Trinajstić information content (AvgIpc) is 2.46. The van der Waals surface area contributed by atoms with Gasteiger partial charge in [-0.05, 0) is 31.9 Å². The van der Waals surface area contributed by atoms with Crippen LogP contribution in [0.5, 0.6) is 0 Å². The minimum absolute atomic E-state index is 0.292. The summed E-state index contributed by atoms with van der Waals surface area (Å²) in [7, 11) is 0. The topological polar surface area (TPSA) is 52.1 Å². The fraction of sp³-hybridized carbons (Fsp3) is 0.188. The Morgan fingerprint density at radius 2 is 2.00 bits per heavy atom. The van der Waals surface area contributed by atoms with E-state index in [0.29, 0.717) is 23.7 Å². The van der Waals surface area contributed by atoms with Gasteiger partial charge in [-0.3, -0.25) is 0 Å². The number of rotatable bonds is 2. The number of aryl methyl sites for hydroxylation is 1. The van der Waals surface area contributed by atoms with Crippen molar-refractivity contribution in [1.82, 2.24) is 9.97 Å². The molecule has 2 rings (SSSR count). The van der Waals surface area contributed by atoms with Crippen molar-refractivity contribution in [2.45, 2.75) is 13.8 Å². The molecule has 0 radical (unpaired) electrons. The van der Waals surface area contributed by atoms with Crippen molar-refractivity contribution in [3.63, 3.8) is 0 Å². The zero-order valence-corrected chi connectivity index (χ0v) is 11.4. The molecular formula is C16H14N2O2. The van der Waals surface area contributed by atoms with Gasteiger partial charge in [-0.1, -0.05) is 24.1 Å². The number of hydrogen-bond acceptors (Lipinski definition) is 4. The van der Waals surface area contributed by atoms with Crippen molar-refractivity contribution in [3.8, 4) is 11.8 Å². The lowest BCUT2D eigenvalue weighted by Crippen LogP contribution is -2.10. The zero-order chi connectivity index (χ0) is 14.4. The Balaban J connectivity index is 2.38. The van der Waals surface area contributed by atoms with E-state index in [9.17, 15) is 4.79 Å². The van der Waals surface area contributed by atoms with Crippen molar-refractivity contribution in [3.05, 3.63) is 59.2 Å². The van der Waals surface area contributed by atoms with Gasteiger partial charge in [0.2, 0.25) is 0 Å². The van der Waals surface area contributed by atoms with E-state index >= 15 is 0 Å². The summed E-state index contributed by atoms with van der Waals surface area (Å²) in [5.74, 6) is 6.00. The highest BCUT2D eigenvalue weighted by Crippen LogP contribution is 2.07. The summed E-state index contributed by atoms with van der Waals surface area (Å²) in [5, 5.41) is 0. The Morgan fingerprint density at radius 3 is 2.70 bits per heavy atom. The summed E-state index contributed by atoms with van der Waals surface area (Å²) in [4.78, 5) is 20.0. The monoisotopic (exact) mass is 266 g/mol. The first kappa shape index (κ1) is 13.8. The van der Waals surface area contributed by atoms with E-state index in [1.165, 1.54) is 6.20 Å². The standard InChI is InChI=1S/C16H14N2O2/c1-3-20-16(19)14-11-17-12(2)18-15(14)10-9-13-7-5-4-6-8-13/h4-8,11H,3H2,1-2H3. The van der Waals surface area contributed by atoms with Crippen LogP contribution in [-0.2, 0) is 4.74 Å². The fourth-order valence-electron chi connectivity index (χ4n) is 1.58. The smallest absolute Gasteiger partial charge is 0.342 e. The molecule has 0 aliphatic heterocycles. The largest absolute Gasteiger partial charge is 0.462 e. The van der Waals surface area contributed by atoms with Crippen molar-refractivity contribution >= 4 is 5.97 Å². The summed E-state index contributed by atoms with van der Waals surface area (Å²) in [6.45, 7) is 3.81. The molecule has 4 nitrogen and oxygen atoms in total. The maximum Gasteiger partial charge on any atom is 0.342 e. The molecule has 0 saturated heterocycles. The minimum Gasteiger partial charge on any atom is -0.462 e. The molecule has 1 aromatic carbocycles. The number of carbonyl (C=O) groups is 1. The van der Waals surface area contributed by atoms with Gasteiger partial charge in [0.1, 0.15) is 17.1 Å². The third-order valence-electron chi connectivity index (χ3n) is 2.50. The van der Waals surface area contributed by atoms with Gasteiger partial charge in [0, 0.05) is 11.8 Å². The molecule has 4 heteroatoms. The van der Waals surface area contributed by atoms with Crippen LogP contribution in [0.25, 0.3) is 0 Å². The molecule has 0 aliphatic carbocycles. The molecule has 0 aliphatic rings. The van der Waals surface area contributed by atoms with Crippen LogP contribution in [0.1, 0.15) is 34.4 Å². The summed E-state index contributed by atoms with van der Waals surface area (Å²) >= 11 is 0. The van der Waals surface area contributed by atoms with Gasteiger partial charge in [-0.15, -0.1) is 0 Å². The predicted octanol–water partition coefficient (Wildman–Crippen LogP) is 2.36. The molecule has 0 bridgehead atoms. The second kappa shape index (κ2) is 6.48. The van der Waals surface area contributed by atoms with Gasteiger partial charge in [-0.25, -0.2) is 14.8 Å². The molecule has 0 saturated carbocycles. The van der Waals surface area contributed by atoms with E-state index in [0.717, 1.165) is 5.56 Å². The minimum atomic E-state index is -0.454. The van der Waals surface area contributed by atoms with Crippen LogP contribution in [0.2, 0.25) is 0 Å². The Kier molecular flexibility index (Phi) is 4.46. The lowest BCUT2D eigenvalue weighted by molar-refractivity contribution is 0.0525. The number of carbonyl (C=O) groups excluding carboxylic acids is 1. The second-order valence-electron chi connectivity index (χ2n) is 4.02. The highest BCUT2D eigenvalue weighted by Gasteiger charge is 2.13. The normalized spacial score (nSPS) is 9.50. The molecule has 0 N–H and O–H groups in total. The molecule has 0 atom stereocenters. The Labute approximate surface area is 117 Å². The second-order valence-corrected chi connectivity index (χ2v) is 4.02. The number of nitrogens with zero attached hydrogens (tertiary/aromatic N) is 2. The highest BCUT2D eigenvalue weighted by molar-refractivity contribution is 5.91. The number of esters is 1. The van der Waals surface area contributed by atoms with Gasteiger partial charge < -0.3 is 4.74 Å². The Bertz CT molecular complexity index is 670. The molecule has 2 aromatic rings. The van der Waals surface area contributed by atoms with Crippen LogP contribution < -0.4 is 0 Å².